The van der Waals surface area contributed by atoms with E-state index < -0.39 is 0 Å². The zero-order chi connectivity index (χ0) is 18.8. The Kier molecular flexibility index (Phi) is 8.12. The van der Waals surface area contributed by atoms with Gasteiger partial charge in [0.1, 0.15) is 0 Å². The number of hydrogen-bond acceptors (Lipinski definition) is 4. The van der Waals surface area contributed by atoms with Crippen LogP contribution in [0.3, 0.4) is 0 Å². The number of hydrogen-bond donors (Lipinski definition) is 2. The number of carbonyl (C=O) groups excluding carboxylic acids is 1. The molecule has 0 saturated carbocycles. The number of anilines is 2. The smallest absolute Gasteiger partial charge is 0.253 e. The minimum absolute atomic E-state index is 0.0877. The van der Waals surface area contributed by atoms with Crippen LogP contribution in [0.2, 0.25) is 0 Å². The first kappa shape index (κ1) is 19.9. The number of methoxy groups -OCH3 is 1. The number of nitrogens with one attached hydrogen (secondary N) is 2. The maximum absolute atomic E-state index is 12.5. The molecule has 0 unspecified atom stereocenters. The van der Waals surface area contributed by atoms with E-state index in [0.717, 1.165) is 17.8 Å². The lowest BCUT2D eigenvalue weighted by Crippen LogP contribution is -2.26. The lowest BCUT2D eigenvalue weighted by Gasteiger charge is -2.15. The molecular formula is C21H28N2O3. The molecule has 0 aliphatic heterocycles. The van der Waals surface area contributed by atoms with E-state index in [9.17, 15) is 4.79 Å². The Morgan fingerprint density at radius 2 is 1.73 bits per heavy atom. The number of aryl methyl sites for hydroxylation is 1. The van der Waals surface area contributed by atoms with E-state index in [2.05, 4.69) is 30.5 Å². The summed E-state index contributed by atoms with van der Waals surface area (Å²) < 4.78 is 10.3. The Morgan fingerprint density at radius 3 is 2.54 bits per heavy atom. The molecule has 0 radical (unpaired) electrons. The van der Waals surface area contributed by atoms with Crippen molar-refractivity contribution in [3.8, 4) is 0 Å². The Bertz CT molecular complexity index is 716. The zero-order valence-electron chi connectivity index (χ0n) is 15.8. The molecule has 2 aromatic rings. The van der Waals surface area contributed by atoms with Crippen molar-refractivity contribution >= 4 is 17.3 Å². The van der Waals surface area contributed by atoms with Gasteiger partial charge in [-0.05, 0) is 49.6 Å². The van der Waals surface area contributed by atoms with Crippen LogP contribution in [0.1, 0.15) is 27.9 Å². The number of rotatable bonds is 10. The number of carbonyl (C=O) groups is 1. The van der Waals surface area contributed by atoms with Crippen LogP contribution in [-0.4, -0.2) is 39.4 Å². The van der Waals surface area contributed by atoms with Crippen LogP contribution in [0.15, 0.2) is 42.5 Å². The van der Waals surface area contributed by atoms with Gasteiger partial charge in [0.15, 0.2) is 0 Å². The quantitative estimate of drug-likeness (QED) is 0.635. The lowest BCUT2D eigenvalue weighted by atomic mass is 10.1. The first-order valence-corrected chi connectivity index (χ1v) is 8.90. The van der Waals surface area contributed by atoms with E-state index in [1.54, 1.807) is 7.11 Å². The van der Waals surface area contributed by atoms with Gasteiger partial charge in [-0.2, -0.15) is 0 Å². The van der Waals surface area contributed by atoms with Crippen molar-refractivity contribution in [3.05, 3.63) is 59.2 Å². The van der Waals surface area contributed by atoms with Crippen LogP contribution >= 0.6 is 0 Å². The third-order valence-electron chi connectivity index (χ3n) is 4.23. The van der Waals surface area contributed by atoms with E-state index in [-0.39, 0.29) is 5.91 Å². The molecule has 0 saturated heterocycles. The molecule has 0 bridgehead atoms. The van der Waals surface area contributed by atoms with E-state index in [0.29, 0.717) is 31.9 Å². The average molecular weight is 356 g/mol. The summed E-state index contributed by atoms with van der Waals surface area (Å²) in [7, 11) is 1.65. The Hall–Kier alpha value is -2.37. The fraction of sp³-hybridized carbons (Fsp3) is 0.381. The second kappa shape index (κ2) is 10.6. The Balaban J connectivity index is 1.93. The van der Waals surface area contributed by atoms with Gasteiger partial charge in [-0.3, -0.25) is 4.79 Å². The van der Waals surface area contributed by atoms with Gasteiger partial charge in [-0.1, -0.05) is 24.3 Å². The monoisotopic (exact) mass is 356 g/mol. The summed E-state index contributed by atoms with van der Waals surface area (Å²) >= 11 is 0. The van der Waals surface area contributed by atoms with Gasteiger partial charge in [-0.15, -0.1) is 0 Å². The highest BCUT2D eigenvalue weighted by Gasteiger charge is 2.11. The summed E-state index contributed by atoms with van der Waals surface area (Å²) in [6, 6.07) is 13.7. The summed E-state index contributed by atoms with van der Waals surface area (Å²) in [6.45, 7) is 6.49. The summed E-state index contributed by atoms with van der Waals surface area (Å²) in [5.41, 5.74) is 4.84. The third-order valence-corrected chi connectivity index (χ3v) is 4.23. The number of amides is 1. The van der Waals surface area contributed by atoms with Crippen LogP contribution in [0, 0.1) is 13.8 Å². The van der Waals surface area contributed by atoms with E-state index in [1.165, 1.54) is 11.1 Å². The van der Waals surface area contributed by atoms with Crippen molar-refractivity contribution in [1.29, 1.82) is 0 Å². The Labute approximate surface area is 155 Å². The largest absolute Gasteiger partial charge is 0.382 e. The van der Waals surface area contributed by atoms with Gasteiger partial charge < -0.3 is 20.1 Å². The fourth-order valence-electron chi connectivity index (χ4n) is 2.54. The number of benzene rings is 2. The highest BCUT2D eigenvalue weighted by molar-refractivity contribution is 6.00. The van der Waals surface area contributed by atoms with E-state index in [4.69, 9.17) is 9.47 Å². The van der Waals surface area contributed by atoms with Crippen LogP contribution in [0.4, 0.5) is 11.4 Å². The van der Waals surface area contributed by atoms with Crippen LogP contribution < -0.4 is 10.6 Å². The zero-order valence-corrected chi connectivity index (χ0v) is 15.8. The predicted molar refractivity (Wildman–Crippen MR) is 105 cm³/mol. The summed E-state index contributed by atoms with van der Waals surface area (Å²) in [5.74, 6) is -0.0877. The molecule has 0 spiro atoms. The molecule has 2 aromatic carbocycles. The molecule has 140 valence electrons. The van der Waals surface area contributed by atoms with Crippen LogP contribution in [0.25, 0.3) is 0 Å². The van der Waals surface area contributed by atoms with Gasteiger partial charge in [0.05, 0.1) is 24.5 Å². The van der Waals surface area contributed by atoms with Crippen molar-refractivity contribution in [2.24, 2.45) is 0 Å². The maximum atomic E-state index is 12.5. The van der Waals surface area contributed by atoms with Gasteiger partial charge >= 0.3 is 0 Å². The average Bonchev–Trinajstić information content (AvgIpc) is 2.65. The van der Waals surface area contributed by atoms with Crippen molar-refractivity contribution < 1.29 is 14.3 Å². The maximum Gasteiger partial charge on any atom is 0.253 e. The van der Waals surface area contributed by atoms with Crippen molar-refractivity contribution in [1.82, 2.24) is 5.32 Å². The summed E-state index contributed by atoms with van der Waals surface area (Å²) in [6.07, 6.45) is 0.766. The van der Waals surface area contributed by atoms with E-state index >= 15 is 0 Å². The molecule has 0 fully saturated rings. The molecule has 5 nitrogen and oxygen atoms in total. The number of ether oxygens (including phenoxy) is 2. The minimum atomic E-state index is -0.0877. The number of para-hydroxylation sites is 1. The molecule has 0 aliphatic rings. The van der Waals surface area contributed by atoms with Gasteiger partial charge in [0.2, 0.25) is 0 Å². The van der Waals surface area contributed by atoms with Gasteiger partial charge in [-0.25, -0.2) is 0 Å². The summed E-state index contributed by atoms with van der Waals surface area (Å²) in [4.78, 5) is 12.5. The van der Waals surface area contributed by atoms with Gasteiger partial charge in [0, 0.05) is 25.9 Å². The topological polar surface area (TPSA) is 59.6 Å². The highest BCUT2D eigenvalue weighted by atomic mass is 16.5. The first-order chi connectivity index (χ1) is 12.6. The minimum Gasteiger partial charge on any atom is -0.382 e. The second-order valence-electron chi connectivity index (χ2n) is 6.13. The molecule has 0 heterocycles. The lowest BCUT2D eigenvalue weighted by molar-refractivity contribution is 0.0688. The van der Waals surface area contributed by atoms with Crippen LogP contribution in [-0.2, 0) is 9.47 Å². The van der Waals surface area contributed by atoms with Crippen LogP contribution in [0.5, 0.6) is 0 Å². The fourth-order valence-corrected chi connectivity index (χ4v) is 2.54. The molecule has 2 N–H and O–H groups in total. The standard InChI is InChI=1S/C21H28N2O3/c1-16-8-6-11-19(17(16)2)23-20-10-5-4-9-18(20)21(24)22-12-7-13-26-15-14-25-3/h4-6,8-11,23H,7,12-15H2,1-3H3,(H,22,24). The second-order valence-corrected chi connectivity index (χ2v) is 6.13. The molecule has 1 amide bonds. The first-order valence-electron chi connectivity index (χ1n) is 8.90. The molecule has 2 rings (SSSR count). The summed E-state index contributed by atoms with van der Waals surface area (Å²) in [5, 5.41) is 6.34. The van der Waals surface area contributed by atoms with Crippen molar-refractivity contribution in [2.45, 2.75) is 20.3 Å². The van der Waals surface area contributed by atoms with Gasteiger partial charge in [0.25, 0.3) is 5.91 Å². The molecule has 0 aromatic heterocycles. The molecule has 0 aliphatic carbocycles. The predicted octanol–water partition coefficient (Wildman–Crippen LogP) is 3.83. The normalized spacial score (nSPS) is 10.6. The Morgan fingerprint density at radius 1 is 0.962 bits per heavy atom. The molecule has 5 heteroatoms. The molecular weight excluding hydrogens is 328 g/mol. The van der Waals surface area contributed by atoms with Crippen molar-refractivity contribution in [2.75, 3.05) is 38.8 Å². The SMILES string of the molecule is COCCOCCCNC(=O)c1ccccc1Nc1cccc(C)c1C. The van der Waals surface area contributed by atoms with E-state index in [1.807, 2.05) is 36.4 Å². The third kappa shape index (κ3) is 5.86. The highest BCUT2D eigenvalue weighted by Crippen LogP contribution is 2.25. The molecule has 0 atom stereocenters. The molecule has 26 heavy (non-hydrogen) atoms. The van der Waals surface area contributed by atoms with Crippen molar-refractivity contribution in [3.63, 3.8) is 0 Å².